The number of alkyl halides is 2. The lowest BCUT2D eigenvalue weighted by molar-refractivity contribution is -0.301. The van der Waals surface area contributed by atoms with Gasteiger partial charge in [-0.1, -0.05) is 0 Å². The molecule has 3 aromatic rings. The van der Waals surface area contributed by atoms with Crippen molar-refractivity contribution in [2.45, 2.75) is 18.3 Å². The molecular weight excluding hydrogens is 356 g/mol. The minimum absolute atomic E-state index is 0.350. The Bertz CT molecular complexity index is 877. The highest BCUT2D eigenvalue weighted by atomic mass is 19.3. The van der Waals surface area contributed by atoms with Gasteiger partial charge < -0.3 is 9.84 Å². The number of pyridine rings is 1. The minimum atomic E-state index is -4.32. The standard InChI is InChI=1S/C16H12F4N4O2/c17-11-3-4-13(14(18)6-11)15(25,8-24-10-22-9-23-24)16(19,20)26-12-2-1-5-21-7-12/h1-7,9-10,25H,8H2. The summed E-state index contributed by atoms with van der Waals surface area (Å²) in [7, 11) is 0. The molecule has 2 aromatic heterocycles. The van der Waals surface area contributed by atoms with Crippen LogP contribution in [0.1, 0.15) is 5.56 Å². The third kappa shape index (κ3) is 3.36. The lowest BCUT2D eigenvalue weighted by Gasteiger charge is -2.35. The van der Waals surface area contributed by atoms with Gasteiger partial charge in [0.05, 0.1) is 12.7 Å². The van der Waals surface area contributed by atoms with E-state index in [2.05, 4.69) is 19.8 Å². The predicted molar refractivity (Wildman–Crippen MR) is 80.1 cm³/mol. The Morgan fingerprint density at radius 1 is 1.15 bits per heavy atom. The van der Waals surface area contributed by atoms with Gasteiger partial charge in [0.15, 0.2) is 0 Å². The lowest BCUT2D eigenvalue weighted by Crippen LogP contribution is -2.52. The Morgan fingerprint density at radius 2 is 1.96 bits per heavy atom. The van der Waals surface area contributed by atoms with Gasteiger partial charge in [0.1, 0.15) is 30.0 Å². The van der Waals surface area contributed by atoms with Crippen LogP contribution in [0.4, 0.5) is 17.6 Å². The molecule has 1 aromatic carbocycles. The number of rotatable bonds is 6. The molecule has 2 heterocycles. The maximum atomic E-state index is 14.9. The fourth-order valence-electron chi connectivity index (χ4n) is 2.35. The van der Waals surface area contributed by atoms with Crippen LogP contribution in [0.15, 0.2) is 55.4 Å². The van der Waals surface area contributed by atoms with Crippen molar-refractivity contribution >= 4 is 0 Å². The van der Waals surface area contributed by atoms with Gasteiger partial charge in [-0.25, -0.2) is 18.4 Å². The summed E-state index contributed by atoms with van der Waals surface area (Å²) >= 11 is 0. The number of halogens is 4. The molecule has 1 unspecified atom stereocenters. The van der Waals surface area contributed by atoms with Crippen LogP contribution in [-0.4, -0.2) is 31.0 Å². The number of aliphatic hydroxyl groups is 1. The van der Waals surface area contributed by atoms with Gasteiger partial charge in [0, 0.05) is 17.8 Å². The normalized spacial score (nSPS) is 14.0. The van der Waals surface area contributed by atoms with Gasteiger partial charge in [-0.15, -0.1) is 0 Å². The van der Waals surface area contributed by atoms with Crippen LogP contribution in [0.3, 0.4) is 0 Å². The number of aromatic nitrogens is 4. The molecule has 1 N–H and O–H groups in total. The van der Waals surface area contributed by atoms with Crippen LogP contribution >= 0.6 is 0 Å². The number of hydrogen-bond acceptors (Lipinski definition) is 5. The summed E-state index contributed by atoms with van der Waals surface area (Å²) in [6, 6.07) is 4.41. The van der Waals surface area contributed by atoms with Gasteiger partial charge in [0.2, 0.25) is 5.60 Å². The molecule has 0 bridgehead atoms. The van der Waals surface area contributed by atoms with E-state index in [4.69, 9.17) is 0 Å². The Labute approximate surface area is 144 Å². The zero-order valence-electron chi connectivity index (χ0n) is 13.1. The second-order valence-corrected chi connectivity index (χ2v) is 5.39. The van der Waals surface area contributed by atoms with Crippen molar-refractivity contribution in [1.29, 1.82) is 0 Å². The van der Waals surface area contributed by atoms with Crippen molar-refractivity contribution in [2.24, 2.45) is 0 Å². The fourth-order valence-corrected chi connectivity index (χ4v) is 2.35. The summed E-state index contributed by atoms with van der Waals surface area (Å²) in [6.07, 6.45) is 0.145. The molecule has 0 aliphatic rings. The monoisotopic (exact) mass is 368 g/mol. The second-order valence-electron chi connectivity index (χ2n) is 5.39. The van der Waals surface area contributed by atoms with Crippen molar-refractivity contribution in [1.82, 2.24) is 19.7 Å². The summed E-state index contributed by atoms with van der Waals surface area (Å²) in [4.78, 5) is 7.23. The topological polar surface area (TPSA) is 73.1 Å². The number of ether oxygens (including phenoxy) is 1. The summed E-state index contributed by atoms with van der Waals surface area (Å²) in [5.41, 5.74) is -4.07. The molecule has 0 aliphatic heterocycles. The van der Waals surface area contributed by atoms with Crippen LogP contribution in [0.25, 0.3) is 0 Å². The molecule has 0 saturated heterocycles. The zero-order chi connectivity index (χ0) is 18.8. The van der Waals surface area contributed by atoms with Crippen molar-refractivity contribution in [3.63, 3.8) is 0 Å². The van der Waals surface area contributed by atoms with E-state index < -0.39 is 35.5 Å². The first kappa shape index (κ1) is 17.8. The van der Waals surface area contributed by atoms with Crippen molar-refractivity contribution in [3.8, 4) is 5.75 Å². The van der Waals surface area contributed by atoms with E-state index in [9.17, 15) is 22.7 Å². The van der Waals surface area contributed by atoms with Crippen LogP contribution in [-0.2, 0) is 12.1 Å². The van der Waals surface area contributed by atoms with E-state index in [0.29, 0.717) is 6.07 Å². The highest BCUT2D eigenvalue weighted by molar-refractivity contribution is 5.28. The summed E-state index contributed by atoms with van der Waals surface area (Å²) in [6.45, 7) is -0.900. The summed E-state index contributed by atoms with van der Waals surface area (Å²) < 4.78 is 62.6. The maximum Gasteiger partial charge on any atom is 0.433 e. The van der Waals surface area contributed by atoms with Gasteiger partial charge in [-0.3, -0.25) is 4.98 Å². The Hall–Kier alpha value is -3.01. The average Bonchev–Trinajstić information content (AvgIpc) is 3.07. The van der Waals surface area contributed by atoms with Crippen molar-refractivity contribution in [3.05, 3.63) is 72.6 Å². The molecule has 10 heteroatoms. The molecule has 0 amide bonds. The van der Waals surface area contributed by atoms with E-state index in [-0.39, 0.29) is 5.75 Å². The average molecular weight is 368 g/mol. The van der Waals surface area contributed by atoms with E-state index in [0.717, 1.165) is 35.7 Å². The number of benzene rings is 1. The molecule has 0 radical (unpaired) electrons. The largest absolute Gasteiger partial charge is 0.433 e. The Balaban J connectivity index is 2.07. The van der Waals surface area contributed by atoms with E-state index in [1.54, 1.807) is 0 Å². The van der Waals surface area contributed by atoms with Gasteiger partial charge >= 0.3 is 6.11 Å². The highest BCUT2D eigenvalue weighted by Gasteiger charge is 2.58. The highest BCUT2D eigenvalue weighted by Crippen LogP contribution is 2.41. The molecule has 0 fully saturated rings. The van der Waals surface area contributed by atoms with Gasteiger partial charge in [-0.2, -0.15) is 13.9 Å². The molecule has 0 spiro atoms. The molecule has 3 rings (SSSR count). The van der Waals surface area contributed by atoms with E-state index in [1.165, 1.54) is 18.3 Å². The van der Waals surface area contributed by atoms with E-state index in [1.807, 2.05) is 0 Å². The SMILES string of the molecule is OC(Cn1cncn1)(c1ccc(F)cc1F)C(F)(F)Oc1cccnc1. The van der Waals surface area contributed by atoms with Crippen LogP contribution in [0, 0.1) is 11.6 Å². The third-order valence-electron chi connectivity index (χ3n) is 3.60. The predicted octanol–water partition coefficient (Wildman–Crippen LogP) is 2.51. The molecule has 26 heavy (non-hydrogen) atoms. The minimum Gasteiger partial charge on any atom is -0.428 e. The first-order chi connectivity index (χ1) is 12.3. The third-order valence-corrected chi connectivity index (χ3v) is 3.60. The number of nitrogens with zero attached hydrogens (tertiary/aromatic N) is 4. The van der Waals surface area contributed by atoms with Crippen molar-refractivity contribution in [2.75, 3.05) is 0 Å². The summed E-state index contributed by atoms with van der Waals surface area (Å²) in [5.74, 6) is -2.69. The van der Waals surface area contributed by atoms with Crippen LogP contribution in [0.2, 0.25) is 0 Å². The second kappa shape index (κ2) is 6.71. The Morgan fingerprint density at radius 3 is 2.58 bits per heavy atom. The molecular formula is C16H12F4N4O2. The molecule has 136 valence electrons. The van der Waals surface area contributed by atoms with E-state index >= 15 is 0 Å². The Kier molecular flexibility index (Phi) is 4.60. The zero-order valence-corrected chi connectivity index (χ0v) is 13.1. The lowest BCUT2D eigenvalue weighted by atomic mass is 9.91. The summed E-state index contributed by atoms with van der Waals surface area (Å²) in [5, 5.41) is 14.4. The maximum absolute atomic E-state index is 14.9. The number of hydrogen-bond donors (Lipinski definition) is 1. The first-order valence-corrected chi connectivity index (χ1v) is 7.29. The molecule has 0 aliphatic carbocycles. The van der Waals surface area contributed by atoms with Crippen LogP contribution < -0.4 is 4.74 Å². The molecule has 1 atom stereocenters. The van der Waals surface area contributed by atoms with Crippen molar-refractivity contribution < 1.29 is 27.4 Å². The quantitative estimate of drug-likeness (QED) is 0.677. The molecule has 0 saturated carbocycles. The smallest absolute Gasteiger partial charge is 0.428 e. The van der Waals surface area contributed by atoms with Gasteiger partial charge in [-0.05, 0) is 24.3 Å². The molecule has 6 nitrogen and oxygen atoms in total. The fraction of sp³-hybridized carbons (Fsp3) is 0.188. The van der Waals surface area contributed by atoms with Gasteiger partial charge in [0.25, 0.3) is 0 Å². The van der Waals surface area contributed by atoms with Crippen LogP contribution in [0.5, 0.6) is 5.75 Å². The first-order valence-electron chi connectivity index (χ1n) is 7.29.